The standard InChI is InChI=1S/C8H13NS2/c1-6-4-10-8(9-6)11-5-7-2-3-7/h6-7H,2-5H2,1H3. The summed E-state index contributed by atoms with van der Waals surface area (Å²) in [4.78, 5) is 4.53. The highest BCUT2D eigenvalue weighted by Gasteiger charge is 2.23. The number of hydrogen-bond donors (Lipinski definition) is 0. The van der Waals surface area contributed by atoms with Gasteiger partial charge in [-0.25, -0.2) is 0 Å². The molecule has 1 fully saturated rings. The third-order valence-electron chi connectivity index (χ3n) is 1.91. The van der Waals surface area contributed by atoms with Crippen LogP contribution in [0.15, 0.2) is 4.99 Å². The minimum atomic E-state index is 0.571. The number of rotatable bonds is 2. The molecule has 0 amide bonds. The van der Waals surface area contributed by atoms with Gasteiger partial charge < -0.3 is 0 Å². The van der Waals surface area contributed by atoms with Crippen molar-refractivity contribution in [3.8, 4) is 0 Å². The fourth-order valence-corrected chi connectivity index (χ4v) is 3.42. The zero-order valence-electron chi connectivity index (χ0n) is 6.75. The Morgan fingerprint density at radius 3 is 3.00 bits per heavy atom. The van der Waals surface area contributed by atoms with Gasteiger partial charge in [-0.1, -0.05) is 23.5 Å². The van der Waals surface area contributed by atoms with E-state index in [4.69, 9.17) is 0 Å². The van der Waals surface area contributed by atoms with Gasteiger partial charge in [-0.2, -0.15) is 0 Å². The molecule has 1 aliphatic carbocycles. The van der Waals surface area contributed by atoms with Crippen LogP contribution in [0.5, 0.6) is 0 Å². The van der Waals surface area contributed by atoms with E-state index >= 15 is 0 Å². The molecule has 1 unspecified atom stereocenters. The quantitative estimate of drug-likeness (QED) is 0.659. The summed E-state index contributed by atoms with van der Waals surface area (Å²) in [5.41, 5.74) is 0. The molecule has 0 N–H and O–H groups in total. The molecule has 62 valence electrons. The predicted octanol–water partition coefficient (Wildman–Crippen LogP) is 2.62. The molecule has 0 saturated heterocycles. The lowest BCUT2D eigenvalue weighted by Gasteiger charge is -1.95. The Labute approximate surface area is 76.4 Å². The first kappa shape index (κ1) is 7.99. The minimum absolute atomic E-state index is 0.571. The maximum absolute atomic E-state index is 4.53. The summed E-state index contributed by atoms with van der Waals surface area (Å²) < 4.78 is 1.34. The van der Waals surface area contributed by atoms with Gasteiger partial charge in [0.15, 0.2) is 0 Å². The van der Waals surface area contributed by atoms with Crippen molar-refractivity contribution in [1.29, 1.82) is 0 Å². The van der Waals surface area contributed by atoms with Crippen LogP contribution in [-0.4, -0.2) is 21.9 Å². The van der Waals surface area contributed by atoms with E-state index in [0.717, 1.165) is 5.92 Å². The van der Waals surface area contributed by atoms with E-state index in [1.807, 2.05) is 23.5 Å². The van der Waals surface area contributed by atoms with Gasteiger partial charge in [0.25, 0.3) is 0 Å². The number of aliphatic imine (C=N–C) groups is 1. The smallest absolute Gasteiger partial charge is 0.124 e. The van der Waals surface area contributed by atoms with Crippen LogP contribution >= 0.6 is 23.5 Å². The van der Waals surface area contributed by atoms with Crippen LogP contribution in [0.3, 0.4) is 0 Å². The molecule has 1 saturated carbocycles. The zero-order chi connectivity index (χ0) is 7.68. The van der Waals surface area contributed by atoms with Crippen molar-refractivity contribution in [2.45, 2.75) is 25.8 Å². The van der Waals surface area contributed by atoms with Crippen LogP contribution in [0.4, 0.5) is 0 Å². The molecule has 0 radical (unpaired) electrons. The van der Waals surface area contributed by atoms with Gasteiger partial charge in [-0.15, -0.1) is 0 Å². The Hall–Kier alpha value is 0.370. The van der Waals surface area contributed by atoms with Crippen molar-refractivity contribution in [2.24, 2.45) is 10.9 Å². The molecule has 0 aromatic heterocycles. The van der Waals surface area contributed by atoms with Crippen molar-refractivity contribution in [1.82, 2.24) is 0 Å². The van der Waals surface area contributed by atoms with Crippen LogP contribution in [0.1, 0.15) is 19.8 Å². The van der Waals surface area contributed by atoms with Crippen LogP contribution in [0, 0.1) is 5.92 Å². The second kappa shape index (κ2) is 3.40. The normalized spacial score (nSPS) is 30.6. The van der Waals surface area contributed by atoms with E-state index < -0.39 is 0 Å². The van der Waals surface area contributed by atoms with Gasteiger partial charge >= 0.3 is 0 Å². The summed E-state index contributed by atoms with van der Waals surface area (Å²) in [6.45, 7) is 2.19. The summed E-state index contributed by atoms with van der Waals surface area (Å²) in [6, 6.07) is 0.571. The molecule has 1 aliphatic heterocycles. The van der Waals surface area contributed by atoms with Crippen LogP contribution in [-0.2, 0) is 0 Å². The Kier molecular flexibility index (Phi) is 2.47. The maximum atomic E-state index is 4.53. The Balaban J connectivity index is 1.72. The lowest BCUT2D eigenvalue weighted by atomic mass is 10.4. The fourth-order valence-electron chi connectivity index (χ4n) is 0.999. The maximum Gasteiger partial charge on any atom is 0.124 e. The molecule has 0 spiro atoms. The zero-order valence-corrected chi connectivity index (χ0v) is 8.38. The number of hydrogen-bond acceptors (Lipinski definition) is 3. The van der Waals surface area contributed by atoms with Gasteiger partial charge in [0.1, 0.15) is 4.38 Å². The highest BCUT2D eigenvalue weighted by Crippen LogP contribution is 2.35. The third kappa shape index (κ3) is 2.41. The van der Waals surface area contributed by atoms with Crippen LogP contribution in [0.2, 0.25) is 0 Å². The summed E-state index contributed by atoms with van der Waals surface area (Å²) >= 11 is 3.90. The van der Waals surface area contributed by atoms with Crippen LogP contribution in [0.25, 0.3) is 0 Å². The number of thioether (sulfide) groups is 2. The lowest BCUT2D eigenvalue weighted by Crippen LogP contribution is -1.92. The van der Waals surface area contributed by atoms with Gasteiger partial charge in [-0.3, -0.25) is 4.99 Å². The van der Waals surface area contributed by atoms with Gasteiger partial charge in [0, 0.05) is 11.5 Å². The fraction of sp³-hybridized carbons (Fsp3) is 0.875. The van der Waals surface area contributed by atoms with Crippen LogP contribution < -0.4 is 0 Å². The molecule has 11 heavy (non-hydrogen) atoms. The van der Waals surface area contributed by atoms with Gasteiger partial charge in [0.2, 0.25) is 0 Å². The summed E-state index contributed by atoms with van der Waals surface area (Å²) in [5.74, 6) is 3.55. The lowest BCUT2D eigenvalue weighted by molar-refractivity contribution is 0.867. The molecule has 1 heterocycles. The topological polar surface area (TPSA) is 12.4 Å². The molecule has 0 bridgehead atoms. The van der Waals surface area contributed by atoms with Crippen molar-refractivity contribution in [3.05, 3.63) is 0 Å². The van der Waals surface area contributed by atoms with E-state index in [-0.39, 0.29) is 0 Å². The van der Waals surface area contributed by atoms with Gasteiger partial charge in [0.05, 0.1) is 6.04 Å². The third-order valence-corrected chi connectivity index (χ3v) is 4.61. The first-order valence-corrected chi connectivity index (χ1v) is 6.15. The van der Waals surface area contributed by atoms with Gasteiger partial charge in [-0.05, 0) is 25.7 Å². The molecule has 1 nitrogen and oxygen atoms in total. The largest absolute Gasteiger partial charge is 0.268 e. The summed E-state index contributed by atoms with van der Waals surface area (Å²) in [7, 11) is 0. The van der Waals surface area contributed by atoms with E-state index in [2.05, 4.69) is 11.9 Å². The van der Waals surface area contributed by atoms with E-state index in [1.54, 1.807) is 0 Å². The van der Waals surface area contributed by atoms with E-state index in [9.17, 15) is 0 Å². The molecular weight excluding hydrogens is 174 g/mol. The van der Waals surface area contributed by atoms with Crippen molar-refractivity contribution >= 4 is 27.9 Å². The SMILES string of the molecule is CC1CSC(SCC2CC2)=N1. The predicted molar refractivity (Wildman–Crippen MR) is 54.5 cm³/mol. The summed E-state index contributed by atoms with van der Waals surface area (Å²) in [6.07, 6.45) is 2.92. The average molecular weight is 187 g/mol. The van der Waals surface area contributed by atoms with Crippen molar-refractivity contribution in [2.75, 3.05) is 11.5 Å². The summed E-state index contributed by atoms with van der Waals surface area (Å²) in [5, 5.41) is 0. The van der Waals surface area contributed by atoms with Crippen molar-refractivity contribution in [3.63, 3.8) is 0 Å². The average Bonchev–Trinajstić information content (AvgIpc) is 2.72. The first-order valence-electron chi connectivity index (χ1n) is 4.18. The Bertz CT molecular complexity index is 175. The molecule has 0 aromatic carbocycles. The molecular formula is C8H13NS2. The van der Waals surface area contributed by atoms with E-state index in [0.29, 0.717) is 6.04 Å². The highest BCUT2D eigenvalue weighted by molar-refractivity contribution is 8.39. The number of nitrogens with zero attached hydrogens (tertiary/aromatic N) is 1. The first-order chi connectivity index (χ1) is 5.34. The van der Waals surface area contributed by atoms with Crippen molar-refractivity contribution < 1.29 is 0 Å². The Morgan fingerprint density at radius 2 is 2.45 bits per heavy atom. The molecule has 2 aliphatic rings. The van der Waals surface area contributed by atoms with E-state index in [1.165, 1.54) is 28.7 Å². The molecule has 2 rings (SSSR count). The second-order valence-electron chi connectivity index (χ2n) is 3.31. The minimum Gasteiger partial charge on any atom is -0.268 e. The molecule has 1 atom stereocenters. The molecule has 0 aromatic rings. The molecule has 3 heteroatoms. The monoisotopic (exact) mass is 187 g/mol. The Morgan fingerprint density at radius 1 is 1.64 bits per heavy atom. The highest BCUT2D eigenvalue weighted by atomic mass is 32.2. The second-order valence-corrected chi connectivity index (χ2v) is 5.59.